The minimum absolute atomic E-state index is 0.163. The third-order valence-electron chi connectivity index (χ3n) is 2.56. The summed E-state index contributed by atoms with van der Waals surface area (Å²) in [5.74, 6) is 0. The SMILES string of the molecule is Clc1ccc(/C=N\OCO/N=C\c2ccc(Cl)cc2Cl)c(Cl)c1. The first kappa shape index (κ1) is 17.9. The van der Waals surface area contributed by atoms with Crippen LogP contribution in [0.4, 0.5) is 0 Å². The summed E-state index contributed by atoms with van der Waals surface area (Å²) in [5, 5.41) is 9.46. The van der Waals surface area contributed by atoms with Crippen LogP contribution in [0.2, 0.25) is 20.1 Å². The Labute approximate surface area is 153 Å². The molecule has 0 saturated heterocycles. The van der Waals surface area contributed by atoms with Gasteiger partial charge in [0.25, 0.3) is 6.79 Å². The molecule has 0 heterocycles. The second-order valence-electron chi connectivity index (χ2n) is 4.18. The van der Waals surface area contributed by atoms with Gasteiger partial charge in [0, 0.05) is 21.2 Å². The molecule has 4 nitrogen and oxygen atoms in total. The zero-order chi connectivity index (χ0) is 16.7. The molecule has 0 N–H and O–H groups in total. The van der Waals surface area contributed by atoms with Gasteiger partial charge in [-0.25, -0.2) is 0 Å². The normalized spacial score (nSPS) is 11.3. The molecule has 120 valence electrons. The first-order valence-electron chi connectivity index (χ1n) is 6.27. The molecular weight excluding hydrogens is 382 g/mol. The average molecular weight is 392 g/mol. The Morgan fingerprint density at radius 3 is 1.57 bits per heavy atom. The molecule has 2 aromatic rings. The van der Waals surface area contributed by atoms with Crippen LogP contribution < -0.4 is 0 Å². The molecule has 0 unspecified atom stereocenters. The lowest BCUT2D eigenvalue weighted by Crippen LogP contribution is -1.92. The van der Waals surface area contributed by atoms with Crippen LogP contribution in [-0.2, 0) is 9.68 Å². The van der Waals surface area contributed by atoms with Crippen molar-refractivity contribution in [1.29, 1.82) is 0 Å². The van der Waals surface area contributed by atoms with Crippen LogP contribution in [0, 0.1) is 0 Å². The van der Waals surface area contributed by atoms with Crippen LogP contribution in [0.25, 0.3) is 0 Å². The van der Waals surface area contributed by atoms with E-state index in [0.717, 1.165) is 0 Å². The van der Waals surface area contributed by atoms with Crippen LogP contribution in [-0.4, -0.2) is 19.2 Å². The fourth-order valence-electron chi connectivity index (χ4n) is 1.48. The van der Waals surface area contributed by atoms with Crippen molar-refractivity contribution in [3.8, 4) is 0 Å². The summed E-state index contributed by atoms with van der Waals surface area (Å²) in [7, 11) is 0. The van der Waals surface area contributed by atoms with Crippen molar-refractivity contribution in [1.82, 2.24) is 0 Å². The molecule has 0 spiro atoms. The van der Waals surface area contributed by atoms with Gasteiger partial charge >= 0.3 is 0 Å². The summed E-state index contributed by atoms with van der Waals surface area (Å²) < 4.78 is 0. The molecule has 0 saturated carbocycles. The Hall–Kier alpha value is -1.46. The molecule has 8 heteroatoms. The summed E-state index contributed by atoms with van der Waals surface area (Å²) in [5.41, 5.74) is 1.35. The van der Waals surface area contributed by atoms with E-state index < -0.39 is 0 Å². The molecule has 2 rings (SSSR count). The second kappa shape index (κ2) is 8.99. The van der Waals surface area contributed by atoms with E-state index in [1.54, 1.807) is 36.4 Å². The maximum absolute atomic E-state index is 5.98. The molecule has 0 atom stereocenters. The molecule has 0 aliphatic heterocycles. The Bertz CT molecular complexity index is 674. The van der Waals surface area contributed by atoms with Crippen LogP contribution >= 0.6 is 46.4 Å². The maximum atomic E-state index is 5.98. The zero-order valence-corrected chi connectivity index (χ0v) is 14.6. The fourth-order valence-corrected chi connectivity index (χ4v) is 2.40. The highest BCUT2D eigenvalue weighted by Crippen LogP contribution is 2.20. The van der Waals surface area contributed by atoms with Gasteiger partial charge in [0.15, 0.2) is 0 Å². The van der Waals surface area contributed by atoms with Crippen molar-refractivity contribution in [2.24, 2.45) is 10.3 Å². The van der Waals surface area contributed by atoms with Crippen LogP contribution in [0.15, 0.2) is 46.7 Å². The summed E-state index contributed by atoms with van der Waals surface area (Å²) in [4.78, 5) is 9.80. The predicted molar refractivity (Wildman–Crippen MR) is 95.1 cm³/mol. The highest BCUT2D eigenvalue weighted by molar-refractivity contribution is 6.36. The first-order chi connectivity index (χ1) is 11.1. The lowest BCUT2D eigenvalue weighted by atomic mass is 10.2. The molecule has 23 heavy (non-hydrogen) atoms. The predicted octanol–water partition coefficient (Wildman–Crippen LogP) is 5.66. The third-order valence-corrected chi connectivity index (χ3v) is 3.69. The number of benzene rings is 2. The van der Waals surface area contributed by atoms with Gasteiger partial charge in [-0.1, -0.05) is 68.8 Å². The minimum atomic E-state index is -0.163. The molecule has 0 fully saturated rings. The lowest BCUT2D eigenvalue weighted by molar-refractivity contribution is -0.0493. The molecular formula is C15H10Cl4N2O2. The van der Waals surface area contributed by atoms with E-state index in [1.165, 1.54) is 12.4 Å². The van der Waals surface area contributed by atoms with Gasteiger partial charge in [-0.2, -0.15) is 0 Å². The zero-order valence-electron chi connectivity index (χ0n) is 11.5. The topological polar surface area (TPSA) is 43.2 Å². The molecule has 0 aliphatic carbocycles. The third kappa shape index (κ3) is 5.92. The molecule has 0 radical (unpaired) electrons. The van der Waals surface area contributed by atoms with Gasteiger partial charge in [0.2, 0.25) is 0 Å². The van der Waals surface area contributed by atoms with Crippen molar-refractivity contribution in [2.45, 2.75) is 0 Å². The number of halogens is 4. The van der Waals surface area contributed by atoms with Gasteiger partial charge in [0.1, 0.15) is 0 Å². The van der Waals surface area contributed by atoms with Crippen LogP contribution in [0.1, 0.15) is 11.1 Å². The van der Waals surface area contributed by atoms with Gasteiger partial charge in [0.05, 0.1) is 22.5 Å². The largest absolute Gasteiger partial charge is 0.352 e. The lowest BCUT2D eigenvalue weighted by Gasteiger charge is -2.00. The summed E-state index contributed by atoms with van der Waals surface area (Å²) in [6, 6.07) is 10.1. The number of rotatable bonds is 6. The Kier molecular flexibility index (Phi) is 6.99. The van der Waals surface area contributed by atoms with E-state index in [4.69, 9.17) is 56.1 Å². The molecule has 0 amide bonds. The Morgan fingerprint density at radius 2 is 1.17 bits per heavy atom. The van der Waals surface area contributed by atoms with Gasteiger partial charge in [-0.05, 0) is 24.3 Å². The van der Waals surface area contributed by atoms with Gasteiger partial charge in [-0.15, -0.1) is 0 Å². The highest BCUT2D eigenvalue weighted by Gasteiger charge is 1.99. The van der Waals surface area contributed by atoms with E-state index in [0.29, 0.717) is 31.2 Å². The summed E-state index contributed by atoms with van der Waals surface area (Å²) >= 11 is 23.5. The minimum Gasteiger partial charge on any atom is -0.352 e. The van der Waals surface area contributed by atoms with Crippen molar-refractivity contribution < 1.29 is 9.68 Å². The fraction of sp³-hybridized carbons (Fsp3) is 0.0667. The quantitative estimate of drug-likeness (QED) is 0.276. The molecule has 2 aromatic carbocycles. The van der Waals surface area contributed by atoms with E-state index in [9.17, 15) is 0 Å². The van der Waals surface area contributed by atoms with Gasteiger partial charge < -0.3 is 9.68 Å². The van der Waals surface area contributed by atoms with Crippen LogP contribution in [0.3, 0.4) is 0 Å². The molecule has 0 aromatic heterocycles. The number of nitrogens with zero attached hydrogens (tertiary/aromatic N) is 2. The van der Waals surface area contributed by atoms with Crippen molar-refractivity contribution >= 4 is 58.8 Å². The standard InChI is InChI=1S/C15H10Cl4N2O2/c16-12-3-1-10(14(18)5-12)7-20-22-9-23-21-8-11-2-4-13(17)6-15(11)19/h1-8H,9H2/b20-7-,21-8-. The summed E-state index contributed by atoms with van der Waals surface area (Å²) in [6.07, 6.45) is 2.89. The van der Waals surface area contributed by atoms with Crippen molar-refractivity contribution in [3.63, 3.8) is 0 Å². The molecule has 0 aliphatic rings. The van der Waals surface area contributed by atoms with E-state index in [2.05, 4.69) is 10.3 Å². The second-order valence-corrected chi connectivity index (χ2v) is 5.86. The smallest absolute Gasteiger partial charge is 0.280 e. The molecule has 0 bridgehead atoms. The summed E-state index contributed by atoms with van der Waals surface area (Å²) in [6.45, 7) is -0.163. The Morgan fingerprint density at radius 1 is 0.739 bits per heavy atom. The van der Waals surface area contributed by atoms with Crippen LogP contribution in [0.5, 0.6) is 0 Å². The highest BCUT2D eigenvalue weighted by atomic mass is 35.5. The van der Waals surface area contributed by atoms with E-state index >= 15 is 0 Å². The monoisotopic (exact) mass is 390 g/mol. The average Bonchev–Trinajstić information content (AvgIpc) is 2.50. The number of hydrogen-bond donors (Lipinski definition) is 0. The number of hydrogen-bond acceptors (Lipinski definition) is 4. The van der Waals surface area contributed by atoms with E-state index in [-0.39, 0.29) is 6.79 Å². The first-order valence-corrected chi connectivity index (χ1v) is 7.78. The van der Waals surface area contributed by atoms with Gasteiger partial charge in [-0.3, -0.25) is 0 Å². The Balaban J connectivity index is 1.77. The maximum Gasteiger partial charge on any atom is 0.280 e. The number of oxime groups is 2. The van der Waals surface area contributed by atoms with E-state index in [1.807, 2.05) is 0 Å². The van der Waals surface area contributed by atoms with Crippen molar-refractivity contribution in [3.05, 3.63) is 67.6 Å². The van der Waals surface area contributed by atoms with Crippen molar-refractivity contribution in [2.75, 3.05) is 6.79 Å².